The van der Waals surface area contributed by atoms with Crippen LogP contribution in [0.3, 0.4) is 0 Å². The molecular weight excluding hydrogens is 254 g/mol. The predicted octanol–water partition coefficient (Wildman–Crippen LogP) is 2.01. The van der Waals surface area contributed by atoms with Crippen LogP contribution in [0.25, 0.3) is 0 Å². The molecule has 0 aliphatic heterocycles. The number of methoxy groups -OCH3 is 1. The fraction of sp³-hybridized carbons (Fsp3) is 0.250. The highest BCUT2D eigenvalue weighted by Gasteiger charge is 2.16. The number of hydrogen-bond acceptors (Lipinski definition) is 5. The molecule has 0 fully saturated rings. The first-order valence-electron chi connectivity index (χ1n) is 5.31. The molecule has 1 rings (SSSR count). The number of carbonyl (C=O) groups is 1. The van der Waals surface area contributed by atoms with Gasteiger partial charge in [0.25, 0.3) is 0 Å². The Bertz CT molecular complexity index is 523. The first kappa shape index (κ1) is 14.5. The van der Waals surface area contributed by atoms with E-state index in [1.165, 1.54) is 38.3 Å². The molecule has 1 N–H and O–H groups in total. The number of nitrogens with zero attached hydrogens (tertiary/aromatic N) is 1. The predicted molar refractivity (Wildman–Crippen MR) is 66.5 cm³/mol. The van der Waals surface area contributed by atoms with Gasteiger partial charge in [0.15, 0.2) is 5.75 Å². The molecule has 0 spiro atoms. The molecule has 0 atom stereocenters. The summed E-state index contributed by atoms with van der Waals surface area (Å²) in [5.74, 6) is -0.663. The summed E-state index contributed by atoms with van der Waals surface area (Å²) in [4.78, 5) is 20.8. The van der Waals surface area contributed by atoms with Crippen LogP contribution >= 0.6 is 0 Å². The average molecular weight is 267 g/mol. The maximum absolute atomic E-state index is 10.9. The normalized spacial score (nSPS) is 10.9. The van der Waals surface area contributed by atoms with Crippen molar-refractivity contribution in [3.63, 3.8) is 0 Å². The third-order valence-electron chi connectivity index (χ3n) is 2.33. The van der Waals surface area contributed by atoms with Crippen LogP contribution in [0.2, 0.25) is 0 Å². The van der Waals surface area contributed by atoms with Gasteiger partial charge in [0.05, 0.1) is 18.1 Å². The number of carboxylic acid groups (broad SMARTS) is 1. The molecule has 0 aliphatic carbocycles. The van der Waals surface area contributed by atoms with Crippen LogP contribution in [0.15, 0.2) is 29.8 Å². The molecule has 1 aromatic rings. The van der Waals surface area contributed by atoms with Gasteiger partial charge in [-0.1, -0.05) is 0 Å². The number of hydrogen-bond donors (Lipinski definition) is 1. The number of rotatable bonds is 6. The molecule has 0 saturated carbocycles. The van der Waals surface area contributed by atoms with E-state index in [9.17, 15) is 14.9 Å². The molecular formula is C12H13NO6. The van der Waals surface area contributed by atoms with E-state index in [0.717, 1.165) is 0 Å². The summed E-state index contributed by atoms with van der Waals surface area (Å²) in [5.41, 5.74) is -0.128. The molecule has 0 saturated heterocycles. The zero-order valence-electron chi connectivity index (χ0n) is 10.5. The zero-order valence-corrected chi connectivity index (χ0v) is 10.5. The molecule has 0 aromatic heterocycles. The molecule has 7 heteroatoms. The smallest absolute Gasteiger partial charge is 0.331 e. The van der Waals surface area contributed by atoms with E-state index in [1.807, 2.05) is 0 Å². The number of nitro benzene ring substituents is 1. The summed E-state index contributed by atoms with van der Waals surface area (Å²) in [6.45, 7) is 1.35. The van der Waals surface area contributed by atoms with Crippen LogP contribution in [0, 0.1) is 10.1 Å². The lowest BCUT2D eigenvalue weighted by Crippen LogP contribution is -2.02. The quantitative estimate of drug-likeness (QED) is 0.481. The van der Waals surface area contributed by atoms with Crippen LogP contribution in [0.5, 0.6) is 11.5 Å². The van der Waals surface area contributed by atoms with Crippen LogP contribution in [-0.2, 0) is 4.79 Å². The number of benzene rings is 1. The minimum Gasteiger partial charge on any atom is -0.496 e. The maximum atomic E-state index is 10.9. The van der Waals surface area contributed by atoms with Gasteiger partial charge in [-0.05, 0) is 25.1 Å². The van der Waals surface area contributed by atoms with Gasteiger partial charge in [0, 0.05) is 5.57 Å². The van der Waals surface area contributed by atoms with Gasteiger partial charge < -0.3 is 14.6 Å². The van der Waals surface area contributed by atoms with Crippen molar-refractivity contribution < 1.29 is 24.3 Å². The van der Waals surface area contributed by atoms with E-state index in [1.54, 1.807) is 0 Å². The molecule has 0 heterocycles. The Morgan fingerprint density at radius 1 is 1.53 bits per heavy atom. The SMILES string of the molecule is COc1ccc(OCC=C(C)C(=O)O)c([N+](=O)[O-])c1. The molecule has 0 amide bonds. The van der Waals surface area contributed by atoms with Crippen molar-refractivity contribution in [1.82, 2.24) is 0 Å². The molecule has 1 aromatic carbocycles. The van der Waals surface area contributed by atoms with Gasteiger partial charge >= 0.3 is 11.7 Å². The summed E-state index contributed by atoms with van der Waals surface area (Å²) in [6.07, 6.45) is 1.33. The van der Waals surface area contributed by atoms with Crippen molar-refractivity contribution in [2.45, 2.75) is 6.92 Å². The van der Waals surface area contributed by atoms with Crippen molar-refractivity contribution >= 4 is 11.7 Å². The molecule has 0 unspecified atom stereocenters. The van der Waals surface area contributed by atoms with E-state index < -0.39 is 10.9 Å². The molecule has 102 valence electrons. The third-order valence-corrected chi connectivity index (χ3v) is 2.33. The summed E-state index contributed by atoms with van der Waals surface area (Å²) in [7, 11) is 1.40. The fourth-order valence-corrected chi connectivity index (χ4v) is 1.23. The van der Waals surface area contributed by atoms with E-state index in [4.69, 9.17) is 14.6 Å². The number of nitro groups is 1. The highest BCUT2D eigenvalue weighted by atomic mass is 16.6. The molecule has 7 nitrogen and oxygen atoms in total. The lowest BCUT2D eigenvalue weighted by molar-refractivity contribution is -0.385. The van der Waals surface area contributed by atoms with Crippen LogP contribution in [0.1, 0.15) is 6.92 Å². The molecule has 0 aliphatic rings. The monoisotopic (exact) mass is 267 g/mol. The Labute approximate surface area is 109 Å². The molecule has 0 radical (unpaired) electrons. The van der Waals surface area contributed by atoms with Crippen LogP contribution in [-0.4, -0.2) is 29.7 Å². The van der Waals surface area contributed by atoms with Crippen molar-refractivity contribution in [2.75, 3.05) is 13.7 Å². The summed E-state index contributed by atoms with van der Waals surface area (Å²) >= 11 is 0. The van der Waals surface area contributed by atoms with Crippen LogP contribution < -0.4 is 9.47 Å². The number of ether oxygens (including phenoxy) is 2. The topological polar surface area (TPSA) is 98.9 Å². The Balaban J connectivity index is 2.86. The van der Waals surface area contributed by atoms with E-state index >= 15 is 0 Å². The summed E-state index contributed by atoms with van der Waals surface area (Å²) in [6, 6.07) is 4.17. The standard InChI is InChI=1S/C12H13NO6/c1-8(12(14)15)5-6-19-11-4-3-9(18-2)7-10(11)13(16)17/h3-5,7H,6H2,1-2H3,(H,14,15). The Morgan fingerprint density at radius 3 is 2.74 bits per heavy atom. The van der Waals surface area contributed by atoms with Crippen LogP contribution in [0.4, 0.5) is 5.69 Å². The van der Waals surface area contributed by atoms with Gasteiger partial charge in [0.2, 0.25) is 0 Å². The lowest BCUT2D eigenvalue weighted by Gasteiger charge is -2.06. The first-order valence-corrected chi connectivity index (χ1v) is 5.31. The van der Waals surface area contributed by atoms with E-state index in [2.05, 4.69) is 0 Å². The lowest BCUT2D eigenvalue weighted by atomic mass is 10.2. The number of aliphatic carboxylic acids is 1. The largest absolute Gasteiger partial charge is 0.496 e. The van der Waals surface area contributed by atoms with E-state index in [-0.39, 0.29) is 23.6 Å². The second-order valence-electron chi connectivity index (χ2n) is 3.59. The van der Waals surface area contributed by atoms with Gasteiger partial charge in [-0.3, -0.25) is 10.1 Å². The van der Waals surface area contributed by atoms with Gasteiger partial charge in [-0.25, -0.2) is 4.79 Å². The number of carboxylic acids is 1. The Morgan fingerprint density at radius 2 is 2.21 bits per heavy atom. The van der Waals surface area contributed by atoms with Crippen molar-refractivity contribution in [3.8, 4) is 11.5 Å². The summed E-state index contributed by atoms with van der Waals surface area (Å²) in [5, 5.41) is 19.5. The van der Waals surface area contributed by atoms with Gasteiger partial charge in [-0.2, -0.15) is 0 Å². The Hall–Kier alpha value is -2.57. The molecule has 19 heavy (non-hydrogen) atoms. The van der Waals surface area contributed by atoms with Crippen molar-refractivity contribution in [3.05, 3.63) is 40.0 Å². The van der Waals surface area contributed by atoms with Gasteiger partial charge in [0.1, 0.15) is 12.4 Å². The highest BCUT2D eigenvalue weighted by molar-refractivity contribution is 5.85. The summed E-state index contributed by atoms with van der Waals surface area (Å²) < 4.78 is 10.1. The maximum Gasteiger partial charge on any atom is 0.331 e. The average Bonchev–Trinajstić information content (AvgIpc) is 2.38. The van der Waals surface area contributed by atoms with Gasteiger partial charge in [-0.15, -0.1) is 0 Å². The Kier molecular flexibility index (Phi) is 4.87. The second-order valence-corrected chi connectivity index (χ2v) is 3.59. The fourth-order valence-electron chi connectivity index (χ4n) is 1.23. The van der Waals surface area contributed by atoms with E-state index in [0.29, 0.717) is 5.75 Å². The van der Waals surface area contributed by atoms with Crippen molar-refractivity contribution in [2.24, 2.45) is 0 Å². The van der Waals surface area contributed by atoms with Crippen molar-refractivity contribution in [1.29, 1.82) is 0 Å². The second kappa shape index (κ2) is 6.39. The highest BCUT2D eigenvalue weighted by Crippen LogP contribution is 2.30. The minimum atomic E-state index is -1.06. The zero-order chi connectivity index (χ0) is 14.4. The minimum absolute atomic E-state index is 0.0558. The first-order chi connectivity index (χ1) is 8.95. The molecule has 0 bridgehead atoms. The third kappa shape index (κ3) is 3.98.